The molecule has 2 rings (SSSR count). The summed E-state index contributed by atoms with van der Waals surface area (Å²) in [6.45, 7) is 0.603. The maximum absolute atomic E-state index is 12.3. The molecule has 18 heavy (non-hydrogen) atoms. The molecule has 1 aliphatic heterocycles. The van der Waals surface area contributed by atoms with Crippen LogP contribution in [0, 0.1) is 0 Å². The second-order valence-corrected chi connectivity index (χ2v) is 7.14. The number of likely N-dealkylation sites (tertiary alicyclic amines) is 1. The standard InChI is InChI=1S/C11H11Br2NO3S/c1-17-11(16)7-3-2-4-14(7)10(15)8-5-6(12)9(13)18-8/h5,7H,2-4H2,1H3. The zero-order chi connectivity index (χ0) is 13.3. The van der Waals surface area contributed by atoms with Crippen LogP contribution in [-0.2, 0) is 9.53 Å². The lowest BCUT2D eigenvalue weighted by atomic mass is 10.2. The van der Waals surface area contributed by atoms with Crippen molar-refractivity contribution in [1.82, 2.24) is 4.90 Å². The predicted molar refractivity (Wildman–Crippen MR) is 75.8 cm³/mol. The van der Waals surface area contributed by atoms with Gasteiger partial charge in [0, 0.05) is 11.0 Å². The van der Waals surface area contributed by atoms with Crippen molar-refractivity contribution in [2.24, 2.45) is 0 Å². The molecule has 1 aliphatic rings. The van der Waals surface area contributed by atoms with E-state index in [1.807, 2.05) is 0 Å². The van der Waals surface area contributed by atoms with Gasteiger partial charge in [0.1, 0.15) is 6.04 Å². The highest BCUT2D eigenvalue weighted by atomic mass is 79.9. The number of hydrogen-bond acceptors (Lipinski definition) is 4. The van der Waals surface area contributed by atoms with Gasteiger partial charge in [0.25, 0.3) is 5.91 Å². The number of carbonyl (C=O) groups excluding carboxylic acids is 2. The Labute approximate surface area is 126 Å². The molecule has 1 aromatic heterocycles. The Kier molecular flexibility index (Phi) is 4.45. The summed E-state index contributed by atoms with van der Waals surface area (Å²) in [5.41, 5.74) is 0. The summed E-state index contributed by atoms with van der Waals surface area (Å²) in [6.07, 6.45) is 1.51. The van der Waals surface area contributed by atoms with E-state index in [0.29, 0.717) is 17.8 Å². The second-order valence-electron chi connectivity index (χ2n) is 3.91. The van der Waals surface area contributed by atoms with Crippen LogP contribution in [0.1, 0.15) is 22.5 Å². The van der Waals surface area contributed by atoms with E-state index in [2.05, 4.69) is 31.9 Å². The van der Waals surface area contributed by atoms with Crippen molar-refractivity contribution in [1.29, 1.82) is 0 Å². The van der Waals surface area contributed by atoms with Gasteiger partial charge >= 0.3 is 5.97 Å². The van der Waals surface area contributed by atoms with Crippen LogP contribution in [0.4, 0.5) is 0 Å². The number of rotatable bonds is 2. The number of carbonyl (C=O) groups is 2. The number of thiophene rings is 1. The molecule has 0 aliphatic carbocycles. The number of nitrogens with zero attached hydrogens (tertiary/aromatic N) is 1. The first-order valence-corrected chi connectivity index (χ1v) is 7.78. The van der Waals surface area contributed by atoms with E-state index < -0.39 is 6.04 Å². The SMILES string of the molecule is COC(=O)C1CCCN1C(=O)c1cc(Br)c(Br)s1. The summed E-state index contributed by atoms with van der Waals surface area (Å²) in [4.78, 5) is 26.1. The normalized spacial score (nSPS) is 19.1. The fourth-order valence-corrected chi connectivity index (χ4v) is 3.98. The number of hydrogen-bond donors (Lipinski definition) is 0. The Bertz CT molecular complexity index is 469. The Hall–Kier alpha value is -0.400. The van der Waals surface area contributed by atoms with Crippen LogP contribution in [0.25, 0.3) is 0 Å². The van der Waals surface area contributed by atoms with Crippen LogP contribution < -0.4 is 0 Å². The molecule has 1 saturated heterocycles. The summed E-state index contributed by atoms with van der Waals surface area (Å²) >= 11 is 8.07. The lowest BCUT2D eigenvalue weighted by Crippen LogP contribution is -2.40. The van der Waals surface area contributed by atoms with Gasteiger partial charge in [0.05, 0.1) is 15.8 Å². The number of halogens is 2. The molecule has 1 fully saturated rings. The van der Waals surface area contributed by atoms with E-state index in [1.165, 1.54) is 18.4 Å². The first-order chi connectivity index (χ1) is 8.54. The molecule has 0 N–H and O–H groups in total. The van der Waals surface area contributed by atoms with Gasteiger partial charge in [-0.2, -0.15) is 0 Å². The molecule has 1 atom stereocenters. The minimum atomic E-state index is -0.442. The fraction of sp³-hybridized carbons (Fsp3) is 0.455. The van der Waals surface area contributed by atoms with E-state index in [4.69, 9.17) is 4.74 Å². The topological polar surface area (TPSA) is 46.6 Å². The third kappa shape index (κ3) is 2.62. The average molecular weight is 397 g/mol. The molecule has 1 unspecified atom stereocenters. The smallest absolute Gasteiger partial charge is 0.328 e. The first kappa shape index (κ1) is 14.0. The van der Waals surface area contributed by atoms with Gasteiger partial charge in [-0.15, -0.1) is 11.3 Å². The van der Waals surface area contributed by atoms with E-state index in [9.17, 15) is 9.59 Å². The summed E-state index contributed by atoms with van der Waals surface area (Å²) in [5.74, 6) is -0.449. The Morgan fingerprint density at radius 2 is 2.22 bits per heavy atom. The van der Waals surface area contributed by atoms with Crippen molar-refractivity contribution in [2.45, 2.75) is 18.9 Å². The number of ether oxygens (including phenoxy) is 1. The van der Waals surface area contributed by atoms with Gasteiger partial charge in [-0.3, -0.25) is 4.79 Å². The minimum absolute atomic E-state index is 0.112. The van der Waals surface area contributed by atoms with Crippen LogP contribution in [0.3, 0.4) is 0 Å². The van der Waals surface area contributed by atoms with Crippen molar-refractivity contribution < 1.29 is 14.3 Å². The third-order valence-electron chi connectivity index (χ3n) is 2.84. The monoisotopic (exact) mass is 395 g/mol. The van der Waals surface area contributed by atoms with Gasteiger partial charge < -0.3 is 9.64 Å². The molecule has 98 valence electrons. The molecule has 7 heteroatoms. The highest BCUT2D eigenvalue weighted by molar-refractivity contribution is 9.13. The average Bonchev–Trinajstić information content (AvgIpc) is 2.95. The molecular weight excluding hydrogens is 386 g/mol. The van der Waals surface area contributed by atoms with Crippen molar-refractivity contribution in [3.63, 3.8) is 0 Å². The maximum atomic E-state index is 12.3. The van der Waals surface area contributed by atoms with Gasteiger partial charge in [0.2, 0.25) is 0 Å². The highest BCUT2D eigenvalue weighted by Crippen LogP contribution is 2.34. The number of esters is 1. The highest BCUT2D eigenvalue weighted by Gasteiger charge is 2.35. The van der Waals surface area contributed by atoms with Crippen LogP contribution in [-0.4, -0.2) is 36.5 Å². The molecule has 2 heterocycles. The van der Waals surface area contributed by atoms with Gasteiger partial charge in [-0.25, -0.2) is 4.79 Å². The lowest BCUT2D eigenvalue weighted by molar-refractivity contribution is -0.145. The van der Waals surface area contributed by atoms with Crippen LogP contribution in [0.15, 0.2) is 14.3 Å². The summed E-state index contributed by atoms with van der Waals surface area (Å²) in [5, 5.41) is 0. The molecule has 0 radical (unpaired) electrons. The molecule has 0 bridgehead atoms. The Morgan fingerprint density at radius 1 is 1.50 bits per heavy atom. The minimum Gasteiger partial charge on any atom is -0.467 e. The molecule has 0 saturated carbocycles. The zero-order valence-corrected chi connectivity index (χ0v) is 13.6. The third-order valence-corrected chi connectivity index (χ3v) is 6.09. The first-order valence-electron chi connectivity index (χ1n) is 5.38. The fourth-order valence-electron chi connectivity index (χ4n) is 1.98. The quantitative estimate of drug-likeness (QED) is 0.721. The van der Waals surface area contributed by atoms with Crippen molar-refractivity contribution in [3.05, 3.63) is 19.2 Å². The van der Waals surface area contributed by atoms with Gasteiger partial charge in [0.15, 0.2) is 0 Å². The summed E-state index contributed by atoms with van der Waals surface area (Å²) in [7, 11) is 1.35. The van der Waals surface area contributed by atoms with Crippen molar-refractivity contribution >= 4 is 55.1 Å². The van der Waals surface area contributed by atoms with Crippen molar-refractivity contribution in [3.8, 4) is 0 Å². The van der Waals surface area contributed by atoms with E-state index in [0.717, 1.165) is 14.7 Å². The maximum Gasteiger partial charge on any atom is 0.328 e. The predicted octanol–water partition coefficient (Wildman–Crippen LogP) is 3.05. The van der Waals surface area contributed by atoms with Crippen LogP contribution in [0.5, 0.6) is 0 Å². The Morgan fingerprint density at radius 3 is 2.78 bits per heavy atom. The van der Waals surface area contributed by atoms with Gasteiger partial charge in [-0.05, 0) is 50.8 Å². The van der Waals surface area contributed by atoms with Gasteiger partial charge in [-0.1, -0.05) is 0 Å². The summed E-state index contributed by atoms with van der Waals surface area (Å²) < 4.78 is 6.46. The van der Waals surface area contributed by atoms with Crippen LogP contribution in [0.2, 0.25) is 0 Å². The molecule has 1 aromatic rings. The molecule has 1 amide bonds. The number of amides is 1. The number of methoxy groups -OCH3 is 1. The second kappa shape index (κ2) is 5.71. The largest absolute Gasteiger partial charge is 0.467 e. The van der Waals surface area contributed by atoms with Crippen LogP contribution >= 0.6 is 43.2 Å². The Balaban J connectivity index is 2.20. The lowest BCUT2D eigenvalue weighted by Gasteiger charge is -2.21. The molecular formula is C11H11Br2NO3S. The summed E-state index contributed by atoms with van der Waals surface area (Å²) in [6, 6.07) is 1.33. The molecule has 0 spiro atoms. The molecule has 0 aromatic carbocycles. The van der Waals surface area contributed by atoms with Crippen molar-refractivity contribution in [2.75, 3.05) is 13.7 Å². The zero-order valence-electron chi connectivity index (χ0n) is 9.61. The molecule has 4 nitrogen and oxygen atoms in total. The van der Waals surface area contributed by atoms with E-state index in [1.54, 1.807) is 11.0 Å². The van der Waals surface area contributed by atoms with E-state index in [-0.39, 0.29) is 11.9 Å². The van der Waals surface area contributed by atoms with E-state index >= 15 is 0 Å².